The van der Waals surface area contributed by atoms with Crippen molar-refractivity contribution in [2.24, 2.45) is 10.9 Å². The van der Waals surface area contributed by atoms with Gasteiger partial charge < -0.3 is 15.4 Å². The second kappa shape index (κ2) is 6.99. The molecule has 1 unspecified atom stereocenters. The van der Waals surface area contributed by atoms with Crippen LogP contribution in [0.25, 0.3) is 0 Å². The minimum atomic E-state index is 0.0573. The molecule has 1 aliphatic carbocycles. The average molecular weight is 271 g/mol. The predicted octanol–water partition coefficient (Wildman–Crippen LogP) is 0.610. The zero-order valence-electron chi connectivity index (χ0n) is 10.8. The molecule has 5 nitrogen and oxygen atoms in total. The van der Waals surface area contributed by atoms with Gasteiger partial charge in [0, 0.05) is 31.9 Å². The number of amidine groups is 1. The molecule has 18 heavy (non-hydrogen) atoms. The summed E-state index contributed by atoms with van der Waals surface area (Å²) in [7, 11) is 1.62. The Kier molecular flexibility index (Phi) is 5.31. The maximum Gasteiger partial charge on any atom is 0.221 e. The third-order valence-corrected chi connectivity index (χ3v) is 4.42. The number of nitrogens with zero attached hydrogens (tertiary/aromatic N) is 1. The summed E-state index contributed by atoms with van der Waals surface area (Å²) in [5, 5.41) is 7.73. The van der Waals surface area contributed by atoms with Crippen molar-refractivity contribution in [3.63, 3.8) is 0 Å². The number of methoxy groups -OCH3 is 1. The van der Waals surface area contributed by atoms with Crippen LogP contribution in [-0.4, -0.2) is 49.7 Å². The smallest absolute Gasteiger partial charge is 0.221 e. The van der Waals surface area contributed by atoms with Crippen LogP contribution in [0.4, 0.5) is 0 Å². The first-order valence-corrected chi connectivity index (χ1v) is 7.38. The fraction of sp³-hybridized carbons (Fsp3) is 0.833. The Morgan fingerprint density at radius 2 is 2.33 bits per heavy atom. The van der Waals surface area contributed by atoms with E-state index in [0.29, 0.717) is 31.4 Å². The van der Waals surface area contributed by atoms with E-state index in [4.69, 9.17) is 4.74 Å². The number of carbonyl (C=O) groups excluding carboxylic acids is 1. The molecule has 1 heterocycles. The van der Waals surface area contributed by atoms with E-state index >= 15 is 0 Å². The van der Waals surface area contributed by atoms with Gasteiger partial charge in [-0.05, 0) is 18.8 Å². The maximum atomic E-state index is 11.4. The first-order valence-electron chi connectivity index (χ1n) is 6.50. The third kappa shape index (κ3) is 4.49. The van der Waals surface area contributed by atoms with Crippen LogP contribution in [0.15, 0.2) is 4.99 Å². The maximum absolute atomic E-state index is 11.4. The molecule has 0 bridgehead atoms. The van der Waals surface area contributed by atoms with Crippen molar-refractivity contribution in [3.05, 3.63) is 0 Å². The van der Waals surface area contributed by atoms with E-state index in [-0.39, 0.29) is 5.91 Å². The van der Waals surface area contributed by atoms with Crippen LogP contribution < -0.4 is 10.6 Å². The lowest BCUT2D eigenvalue weighted by Gasteiger charge is -2.08. The molecule has 0 radical (unpaired) electrons. The monoisotopic (exact) mass is 271 g/mol. The SMILES string of the molecule is COCCNC(=O)CCNC1=NCC(C2CC2)S1. The highest BCUT2D eigenvalue weighted by molar-refractivity contribution is 8.14. The average Bonchev–Trinajstić information content (AvgIpc) is 3.10. The van der Waals surface area contributed by atoms with Crippen molar-refractivity contribution in [1.82, 2.24) is 10.6 Å². The zero-order valence-corrected chi connectivity index (χ0v) is 11.6. The largest absolute Gasteiger partial charge is 0.383 e. The van der Waals surface area contributed by atoms with Gasteiger partial charge in [-0.2, -0.15) is 0 Å². The molecule has 0 aromatic carbocycles. The molecule has 1 aliphatic heterocycles. The number of nitrogens with one attached hydrogen (secondary N) is 2. The number of hydrogen-bond donors (Lipinski definition) is 2. The number of rotatable bonds is 7. The van der Waals surface area contributed by atoms with Crippen LogP contribution in [0.3, 0.4) is 0 Å². The Labute approximate surface area is 112 Å². The van der Waals surface area contributed by atoms with Crippen molar-refractivity contribution in [2.75, 3.05) is 33.4 Å². The lowest BCUT2D eigenvalue weighted by Crippen LogP contribution is -2.31. The first-order chi connectivity index (χ1) is 8.79. The van der Waals surface area contributed by atoms with E-state index in [0.717, 1.165) is 17.6 Å². The normalized spacial score (nSPS) is 22.7. The molecule has 2 aliphatic rings. The third-order valence-electron chi connectivity index (χ3n) is 3.08. The minimum absolute atomic E-state index is 0.0573. The quantitative estimate of drug-likeness (QED) is 0.666. The zero-order chi connectivity index (χ0) is 12.8. The highest BCUT2D eigenvalue weighted by Crippen LogP contribution is 2.41. The molecular weight excluding hydrogens is 250 g/mol. The van der Waals surface area contributed by atoms with Crippen LogP contribution in [-0.2, 0) is 9.53 Å². The fourth-order valence-corrected chi connectivity index (χ4v) is 3.10. The fourth-order valence-electron chi connectivity index (χ4n) is 1.87. The van der Waals surface area contributed by atoms with Crippen LogP contribution in [0, 0.1) is 5.92 Å². The van der Waals surface area contributed by atoms with Gasteiger partial charge in [0.25, 0.3) is 0 Å². The molecule has 1 saturated carbocycles. The highest BCUT2D eigenvalue weighted by atomic mass is 32.2. The summed E-state index contributed by atoms with van der Waals surface area (Å²) in [5.41, 5.74) is 0. The van der Waals surface area contributed by atoms with E-state index < -0.39 is 0 Å². The van der Waals surface area contributed by atoms with Crippen molar-refractivity contribution < 1.29 is 9.53 Å². The van der Waals surface area contributed by atoms with E-state index in [9.17, 15) is 4.79 Å². The van der Waals surface area contributed by atoms with Gasteiger partial charge in [0.05, 0.1) is 13.2 Å². The molecule has 0 spiro atoms. The van der Waals surface area contributed by atoms with Gasteiger partial charge in [0.2, 0.25) is 5.91 Å². The molecule has 102 valence electrons. The summed E-state index contributed by atoms with van der Waals surface area (Å²) in [5.74, 6) is 0.942. The Balaban J connectivity index is 1.51. The molecule has 2 N–H and O–H groups in total. The Bertz CT molecular complexity index is 318. The second-order valence-corrected chi connectivity index (χ2v) is 5.89. The van der Waals surface area contributed by atoms with Gasteiger partial charge in [0.1, 0.15) is 0 Å². The molecule has 1 atom stereocenters. The van der Waals surface area contributed by atoms with Crippen LogP contribution >= 0.6 is 11.8 Å². The van der Waals surface area contributed by atoms with Crippen molar-refractivity contribution in [2.45, 2.75) is 24.5 Å². The van der Waals surface area contributed by atoms with E-state index in [1.54, 1.807) is 7.11 Å². The molecule has 2 rings (SSSR count). The summed E-state index contributed by atoms with van der Waals surface area (Å²) in [6, 6.07) is 0. The molecule has 1 amide bonds. The minimum Gasteiger partial charge on any atom is -0.383 e. The summed E-state index contributed by atoms with van der Waals surface area (Å²) in [6.07, 6.45) is 3.21. The molecule has 0 aromatic heterocycles. The molecular formula is C12H21N3O2S. The van der Waals surface area contributed by atoms with Gasteiger partial charge in [-0.3, -0.25) is 9.79 Å². The number of thioether (sulfide) groups is 1. The highest BCUT2D eigenvalue weighted by Gasteiger charge is 2.35. The van der Waals surface area contributed by atoms with E-state index in [2.05, 4.69) is 15.6 Å². The molecule has 0 aromatic rings. The summed E-state index contributed by atoms with van der Waals surface area (Å²) in [4.78, 5) is 15.9. The van der Waals surface area contributed by atoms with Gasteiger partial charge >= 0.3 is 0 Å². The summed E-state index contributed by atoms with van der Waals surface area (Å²) < 4.78 is 4.87. The number of ether oxygens (including phenoxy) is 1. The van der Waals surface area contributed by atoms with E-state index in [1.807, 2.05) is 11.8 Å². The standard InChI is InChI=1S/C12H21N3O2S/c1-17-7-6-13-11(16)4-5-14-12-15-8-10(18-12)9-2-3-9/h9-10H,2-8H2,1H3,(H,13,16)(H,14,15). The number of aliphatic imine (C=N–C) groups is 1. The van der Waals surface area contributed by atoms with Crippen LogP contribution in [0.1, 0.15) is 19.3 Å². The molecule has 0 saturated heterocycles. The van der Waals surface area contributed by atoms with Gasteiger partial charge in [-0.15, -0.1) is 0 Å². The van der Waals surface area contributed by atoms with E-state index in [1.165, 1.54) is 12.8 Å². The number of hydrogen-bond acceptors (Lipinski definition) is 5. The first kappa shape index (κ1) is 13.7. The van der Waals surface area contributed by atoms with Crippen molar-refractivity contribution >= 4 is 22.8 Å². The lowest BCUT2D eigenvalue weighted by atomic mass is 10.3. The summed E-state index contributed by atoms with van der Waals surface area (Å²) >= 11 is 1.84. The second-order valence-electron chi connectivity index (χ2n) is 4.66. The van der Waals surface area contributed by atoms with Gasteiger partial charge in [0.15, 0.2) is 5.17 Å². The topological polar surface area (TPSA) is 62.7 Å². The van der Waals surface area contributed by atoms with Crippen molar-refractivity contribution in [1.29, 1.82) is 0 Å². The number of amides is 1. The molecule has 6 heteroatoms. The molecule has 1 fully saturated rings. The number of carbonyl (C=O) groups is 1. The Morgan fingerprint density at radius 3 is 3.06 bits per heavy atom. The van der Waals surface area contributed by atoms with Crippen LogP contribution in [0.2, 0.25) is 0 Å². The predicted molar refractivity (Wildman–Crippen MR) is 73.9 cm³/mol. The van der Waals surface area contributed by atoms with Crippen molar-refractivity contribution in [3.8, 4) is 0 Å². The van der Waals surface area contributed by atoms with Gasteiger partial charge in [-0.25, -0.2) is 0 Å². The summed E-state index contributed by atoms with van der Waals surface area (Å²) in [6.45, 7) is 2.74. The van der Waals surface area contributed by atoms with Crippen LogP contribution in [0.5, 0.6) is 0 Å². The Hall–Kier alpha value is -0.750. The van der Waals surface area contributed by atoms with Gasteiger partial charge in [-0.1, -0.05) is 11.8 Å². The Morgan fingerprint density at radius 1 is 1.50 bits per heavy atom. The lowest BCUT2D eigenvalue weighted by molar-refractivity contribution is -0.121.